The van der Waals surface area contributed by atoms with Crippen LogP contribution in [0.5, 0.6) is 0 Å². The first-order valence-corrected chi connectivity index (χ1v) is 10.8. The summed E-state index contributed by atoms with van der Waals surface area (Å²) in [5.41, 5.74) is -0.662. The van der Waals surface area contributed by atoms with Gasteiger partial charge in [-0.2, -0.15) is 0 Å². The summed E-state index contributed by atoms with van der Waals surface area (Å²) in [6.45, 7) is 9.92. The van der Waals surface area contributed by atoms with Crippen molar-refractivity contribution in [3.8, 4) is 0 Å². The van der Waals surface area contributed by atoms with E-state index in [9.17, 15) is 18.0 Å². The minimum absolute atomic E-state index is 0.0108. The molecule has 1 aliphatic heterocycles. The largest absolute Gasteiger partial charge is 0.444 e. The lowest BCUT2D eigenvalue weighted by Crippen LogP contribution is -2.51. The van der Waals surface area contributed by atoms with Gasteiger partial charge in [-0.1, -0.05) is 20.3 Å². The molecule has 8 nitrogen and oxygen atoms in total. The first-order valence-electron chi connectivity index (χ1n) is 9.17. The molecule has 2 amide bonds. The van der Waals surface area contributed by atoms with Crippen LogP contribution in [-0.2, 0) is 19.6 Å². The lowest BCUT2D eigenvalue weighted by molar-refractivity contribution is -0.124. The third-order valence-electron chi connectivity index (χ3n) is 3.99. The molecule has 1 rings (SSSR count). The summed E-state index contributed by atoms with van der Waals surface area (Å²) in [4.78, 5) is 24.3. The van der Waals surface area contributed by atoms with E-state index >= 15 is 0 Å². The number of ether oxygens (including phenoxy) is 1. The number of hydrogen-bond donors (Lipinski definition) is 2. The molecule has 26 heavy (non-hydrogen) atoms. The normalized spacial score (nSPS) is 17.6. The van der Waals surface area contributed by atoms with E-state index < -0.39 is 33.7 Å². The zero-order valence-electron chi connectivity index (χ0n) is 16.5. The van der Waals surface area contributed by atoms with E-state index in [1.165, 1.54) is 4.31 Å². The zero-order valence-corrected chi connectivity index (χ0v) is 17.3. The Labute approximate surface area is 157 Å². The monoisotopic (exact) mass is 391 g/mol. The van der Waals surface area contributed by atoms with Crippen LogP contribution in [0.3, 0.4) is 0 Å². The summed E-state index contributed by atoms with van der Waals surface area (Å²) in [7, 11) is -3.37. The highest BCUT2D eigenvalue weighted by molar-refractivity contribution is 7.89. The van der Waals surface area contributed by atoms with Crippen LogP contribution < -0.4 is 10.6 Å². The van der Waals surface area contributed by atoms with Crippen LogP contribution in [0.25, 0.3) is 0 Å². The molecular formula is C17H33N3O5S. The summed E-state index contributed by atoms with van der Waals surface area (Å²) in [6.07, 6.45) is 2.13. The number of piperidine rings is 1. The van der Waals surface area contributed by atoms with E-state index in [-0.39, 0.29) is 18.2 Å². The molecule has 1 heterocycles. The maximum Gasteiger partial charge on any atom is 0.408 e. The molecule has 0 aromatic rings. The van der Waals surface area contributed by atoms with E-state index in [0.29, 0.717) is 13.1 Å². The Morgan fingerprint density at radius 3 is 2.19 bits per heavy atom. The van der Waals surface area contributed by atoms with Crippen molar-refractivity contribution in [1.82, 2.24) is 14.9 Å². The van der Waals surface area contributed by atoms with Gasteiger partial charge >= 0.3 is 6.09 Å². The van der Waals surface area contributed by atoms with Gasteiger partial charge in [0.1, 0.15) is 11.6 Å². The zero-order chi connectivity index (χ0) is 20.0. The lowest BCUT2D eigenvalue weighted by atomic mass is 10.0. The number of hydrogen-bond acceptors (Lipinski definition) is 5. The average Bonchev–Trinajstić information content (AvgIpc) is 2.51. The van der Waals surface area contributed by atoms with Crippen molar-refractivity contribution >= 4 is 22.0 Å². The van der Waals surface area contributed by atoms with Gasteiger partial charge in [-0.15, -0.1) is 0 Å². The molecule has 2 N–H and O–H groups in total. The van der Waals surface area contributed by atoms with Crippen LogP contribution in [0.15, 0.2) is 0 Å². The van der Waals surface area contributed by atoms with Gasteiger partial charge in [0, 0.05) is 19.6 Å². The van der Waals surface area contributed by atoms with Gasteiger partial charge in [0.2, 0.25) is 15.9 Å². The number of nitrogens with one attached hydrogen (secondary N) is 2. The highest BCUT2D eigenvalue weighted by Gasteiger charge is 2.28. The van der Waals surface area contributed by atoms with Crippen molar-refractivity contribution in [2.45, 2.75) is 65.5 Å². The van der Waals surface area contributed by atoms with Gasteiger partial charge in [-0.25, -0.2) is 17.5 Å². The van der Waals surface area contributed by atoms with E-state index in [0.717, 1.165) is 19.3 Å². The third-order valence-corrected chi connectivity index (χ3v) is 5.86. The van der Waals surface area contributed by atoms with Gasteiger partial charge in [0.05, 0.1) is 5.75 Å². The summed E-state index contributed by atoms with van der Waals surface area (Å²) in [5, 5.41) is 5.16. The molecule has 0 aromatic carbocycles. The number of sulfonamides is 1. The summed E-state index contributed by atoms with van der Waals surface area (Å²) in [5.74, 6) is -0.725. The Kier molecular flexibility index (Phi) is 8.33. The van der Waals surface area contributed by atoms with Crippen LogP contribution >= 0.6 is 0 Å². The average molecular weight is 392 g/mol. The second-order valence-electron chi connectivity index (χ2n) is 7.93. The predicted octanol–water partition coefficient (Wildman–Crippen LogP) is 1.47. The van der Waals surface area contributed by atoms with Crippen LogP contribution in [-0.4, -0.2) is 61.8 Å². The predicted molar refractivity (Wildman–Crippen MR) is 100 cm³/mol. The molecule has 0 aromatic heterocycles. The molecule has 9 heteroatoms. The SMILES string of the molecule is CC(C)C(NC(=O)OC(C)(C)C)C(=O)NCCS(=O)(=O)N1CCCCC1. The van der Waals surface area contributed by atoms with Crippen molar-refractivity contribution in [2.75, 3.05) is 25.4 Å². The van der Waals surface area contributed by atoms with E-state index in [2.05, 4.69) is 10.6 Å². The fraction of sp³-hybridized carbons (Fsp3) is 0.882. The van der Waals surface area contributed by atoms with Crippen LogP contribution in [0.1, 0.15) is 53.9 Å². The molecule has 0 spiro atoms. The van der Waals surface area contributed by atoms with Crippen molar-refractivity contribution in [3.05, 3.63) is 0 Å². The molecule has 0 aliphatic carbocycles. The number of alkyl carbamates (subject to hydrolysis) is 1. The Morgan fingerprint density at radius 1 is 1.12 bits per heavy atom. The first-order chi connectivity index (χ1) is 11.9. The van der Waals surface area contributed by atoms with Gasteiger partial charge in [-0.3, -0.25) is 4.79 Å². The molecule has 1 atom stereocenters. The lowest BCUT2D eigenvalue weighted by Gasteiger charge is -2.27. The third kappa shape index (κ3) is 7.90. The first kappa shape index (κ1) is 22.7. The van der Waals surface area contributed by atoms with Gasteiger partial charge in [0.15, 0.2) is 0 Å². The summed E-state index contributed by atoms with van der Waals surface area (Å²) in [6, 6.07) is -0.789. The molecular weight excluding hydrogens is 358 g/mol. The molecule has 0 saturated carbocycles. The smallest absolute Gasteiger partial charge is 0.408 e. The minimum Gasteiger partial charge on any atom is -0.444 e. The number of carbonyl (C=O) groups is 2. The Bertz CT molecular complexity index is 578. The van der Waals surface area contributed by atoms with Crippen LogP contribution in [0, 0.1) is 5.92 Å². The quantitative estimate of drug-likeness (QED) is 0.684. The second kappa shape index (κ2) is 9.55. The Hall–Kier alpha value is -1.35. The van der Waals surface area contributed by atoms with Crippen LogP contribution in [0.2, 0.25) is 0 Å². The highest BCUT2D eigenvalue weighted by Crippen LogP contribution is 2.13. The van der Waals surface area contributed by atoms with Crippen molar-refractivity contribution < 1.29 is 22.7 Å². The summed E-state index contributed by atoms with van der Waals surface area (Å²) >= 11 is 0. The van der Waals surface area contributed by atoms with E-state index in [1.807, 2.05) is 0 Å². The molecule has 1 unspecified atom stereocenters. The molecule has 1 aliphatic rings. The maximum absolute atomic E-state index is 12.4. The van der Waals surface area contributed by atoms with Crippen molar-refractivity contribution in [2.24, 2.45) is 5.92 Å². The number of nitrogens with zero attached hydrogens (tertiary/aromatic N) is 1. The van der Waals surface area contributed by atoms with Crippen molar-refractivity contribution in [3.63, 3.8) is 0 Å². The van der Waals surface area contributed by atoms with E-state index in [4.69, 9.17) is 4.74 Å². The number of rotatable bonds is 7. The Morgan fingerprint density at radius 2 is 1.69 bits per heavy atom. The topological polar surface area (TPSA) is 105 Å². The summed E-state index contributed by atoms with van der Waals surface area (Å²) < 4.78 is 31.2. The highest BCUT2D eigenvalue weighted by atomic mass is 32.2. The molecule has 1 saturated heterocycles. The number of amides is 2. The van der Waals surface area contributed by atoms with Gasteiger partial charge < -0.3 is 15.4 Å². The molecule has 1 fully saturated rings. The van der Waals surface area contributed by atoms with Gasteiger partial charge in [0.25, 0.3) is 0 Å². The van der Waals surface area contributed by atoms with E-state index in [1.54, 1.807) is 34.6 Å². The maximum atomic E-state index is 12.4. The minimum atomic E-state index is -3.37. The fourth-order valence-corrected chi connectivity index (χ4v) is 4.09. The van der Waals surface area contributed by atoms with Gasteiger partial charge in [-0.05, 0) is 39.5 Å². The molecule has 0 bridgehead atoms. The number of carbonyl (C=O) groups excluding carboxylic acids is 2. The standard InChI is InChI=1S/C17H33N3O5S/c1-13(2)14(19-16(22)25-17(3,4)5)15(21)18-9-12-26(23,24)20-10-7-6-8-11-20/h13-14H,6-12H2,1-5H3,(H,18,21)(H,19,22). The second-order valence-corrected chi connectivity index (χ2v) is 10.0. The van der Waals surface area contributed by atoms with Crippen molar-refractivity contribution in [1.29, 1.82) is 0 Å². The molecule has 0 radical (unpaired) electrons. The Balaban J connectivity index is 2.53. The fourth-order valence-electron chi connectivity index (χ4n) is 2.65. The molecule has 152 valence electrons. The van der Waals surface area contributed by atoms with Crippen LogP contribution in [0.4, 0.5) is 4.79 Å².